The van der Waals surface area contributed by atoms with Crippen LogP contribution in [0.3, 0.4) is 0 Å². The molecule has 1 aromatic rings. The number of aromatic nitrogens is 2. The highest BCUT2D eigenvalue weighted by atomic mass is 15.4. The Kier molecular flexibility index (Phi) is 2.70. The molecule has 1 atom stereocenters. The quantitative estimate of drug-likeness (QED) is 0.785. The molecule has 0 aromatic carbocycles. The number of likely N-dealkylation sites (tertiary alicyclic amines) is 1. The molecule has 16 heavy (non-hydrogen) atoms. The first-order valence-electron chi connectivity index (χ1n) is 5.92. The van der Waals surface area contributed by atoms with Crippen LogP contribution in [0.15, 0.2) is 6.07 Å². The Bertz CT molecular complexity index is 375. The number of rotatable bonds is 1. The van der Waals surface area contributed by atoms with E-state index >= 15 is 0 Å². The van der Waals surface area contributed by atoms with Gasteiger partial charge in [0.2, 0.25) is 0 Å². The first-order valence-corrected chi connectivity index (χ1v) is 5.92. The van der Waals surface area contributed by atoms with Crippen LogP contribution in [0.4, 0.5) is 5.82 Å². The van der Waals surface area contributed by atoms with Gasteiger partial charge in [-0.1, -0.05) is 20.8 Å². The second kappa shape index (κ2) is 3.77. The van der Waals surface area contributed by atoms with Crippen LogP contribution in [0, 0.1) is 0 Å². The molecule has 0 saturated carbocycles. The fourth-order valence-corrected chi connectivity index (χ4v) is 2.36. The summed E-state index contributed by atoms with van der Waals surface area (Å²) in [4.78, 5) is 2.34. The van der Waals surface area contributed by atoms with E-state index < -0.39 is 0 Å². The standard InChI is InChI=1S/C12H22N4/c1-12(2,3)10-7-11(13)14-16(10)9-5-6-15(4)8-9/h7,9H,5-6,8H2,1-4H3,(H2,13,14)/t9-/m1/s1. The van der Waals surface area contributed by atoms with E-state index in [1.165, 1.54) is 12.1 Å². The van der Waals surface area contributed by atoms with Crippen molar-refractivity contribution in [2.75, 3.05) is 25.9 Å². The number of nitrogens with two attached hydrogens (primary N) is 1. The summed E-state index contributed by atoms with van der Waals surface area (Å²) < 4.78 is 2.14. The molecule has 0 amide bonds. The lowest BCUT2D eigenvalue weighted by Crippen LogP contribution is -2.24. The Morgan fingerprint density at radius 3 is 2.62 bits per heavy atom. The zero-order chi connectivity index (χ0) is 11.9. The van der Waals surface area contributed by atoms with Crippen LogP contribution in [-0.2, 0) is 5.41 Å². The minimum atomic E-state index is 0.103. The molecule has 1 saturated heterocycles. The lowest BCUT2D eigenvalue weighted by atomic mass is 9.91. The molecule has 2 heterocycles. The van der Waals surface area contributed by atoms with Gasteiger partial charge >= 0.3 is 0 Å². The van der Waals surface area contributed by atoms with E-state index in [4.69, 9.17) is 5.73 Å². The van der Waals surface area contributed by atoms with Crippen molar-refractivity contribution < 1.29 is 0 Å². The number of nitrogens with zero attached hydrogens (tertiary/aromatic N) is 3. The second-order valence-corrected chi connectivity index (χ2v) is 5.85. The fraction of sp³-hybridized carbons (Fsp3) is 0.750. The number of anilines is 1. The Hall–Kier alpha value is -1.03. The summed E-state index contributed by atoms with van der Waals surface area (Å²) in [5.41, 5.74) is 7.18. The van der Waals surface area contributed by atoms with Crippen LogP contribution >= 0.6 is 0 Å². The van der Waals surface area contributed by atoms with Crippen molar-refractivity contribution in [1.82, 2.24) is 14.7 Å². The van der Waals surface area contributed by atoms with Gasteiger partial charge < -0.3 is 10.6 Å². The summed E-state index contributed by atoms with van der Waals surface area (Å²) in [5, 5.41) is 4.46. The van der Waals surface area contributed by atoms with Crippen LogP contribution in [0.5, 0.6) is 0 Å². The molecular weight excluding hydrogens is 200 g/mol. The van der Waals surface area contributed by atoms with Crippen molar-refractivity contribution in [3.8, 4) is 0 Å². The van der Waals surface area contributed by atoms with Crippen LogP contribution in [-0.4, -0.2) is 34.8 Å². The van der Waals surface area contributed by atoms with Gasteiger partial charge in [-0.25, -0.2) is 0 Å². The third-order valence-electron chi connectivity index (χ3n) is 3.24. The van der Waals surface area contributed by atoms with Gasteiger partial charge in [-0.3, -0.25) is 4.68 Å². The highest BCUT2D eigenvalue weighted by Gasteiger charge is 2.28. The van der Waals surface area contributed by atoms with Crippen molar-refractivity contribution >= 4 is 5.82 Å². The predicted molar refractivity (Wildman–Crippen MR) is 66.5 cm³/mol. The number of hydrogen-bond donors (Lipinski definition) is 1. The van der Waals surface area contributed by atoms with Gasteiger partial charge in [0.1, 0.15) is 5.82 Å². The SMILES string of the molecule is CN1CC[C@@H](n2nc(N)cc2C(C)(C)C)C1. The smallest absolute Gasteiger partial charge is 0.145 e. The first-order chi connectivity index (χ1) is 7.38. The second-order valence-electron chi connectivity index (χ2n) is 5.85. The maximum absolute atomic E-state index is 5.83. The van der Waals surface area contributed by atoms with E-state index in [1.54, 1.807) is 0 Å². The Labute approximate surface area is 97.4 Å². The molecule has 1 aliphatic rings. The normalized spacial score (nSPS) is 22.9. The average Bonchev–Trinajstić information content (AvgIpc) is 2.70. The van der Waals surface area contributed by atoms with Crippen molar-refractivity contribution in [2.45, 2.75) is 38.6 Å². The minimum absolute atomic E-state index is 0.103. The van der Waals surface area contributed by atoms with Gasteiger partial charge in [-0.05, 0) is 20.0 Å². The van der Waals surface area contributed by atoms with Gasteiger partial charge in [-0.2, -0.15) is 5.10 Å². The molecule has 2 N–H and O–H groups in total. The van der Waals surface area contributed by atoms with Crippen molar-refractivity contribution in [2.24, 2.45) is 0 Å². The zero-order valence-electron chi connectivity index (χ0n) is 10.7. The van der Waals surface area contributed by atoms with Gasteiger partial charge in [0.25, 0.3) is 0 Å². The minimum Gasteiger partial charge on any atom is -0.382 e. The highest BCUT2D eigenvalue weighted by molar-refractivity contribution is 5.33. The van der Waals surface area contributed by atoms with Crippen LogP contribution in [0.2, 0.25) is 0 Å². The fourth-order valence-electron chi connectivity index (χ4n) is 2.36. The van der Waals surface area contributed by atoms with E-state index in [0.29, 0.717) is 11.9 Å². The molecule has 2 rings (SSSR count). The van der Waals surface area contributed by atoms with Crippen molar-refractivity contribution in [3.05, 3.63) is 11.8 Å². The predicted octanol–water partition coefficient (Wildman–Crippen LogP) is 1.64. The molecule has 4 heteroatoms. The molecule has 0 aliphatic carbocycles. The Morgan fingerprint density at radius 1 is 1.44 bits per heavy atom. The first kappa shape index (κ1) is 11.5. The topological polar surface area (TPSA) is 47.1 Å². The summed E-state index contributed by atoms with van der Waals surface area (Å²) >= 11 is 0. The summed E-state index contributed by atoms with van der Waals surface area (Å²) in [5.74, 6) is 0.638. The third kappa shape index (κ3) is 2.07. The van der Waals surface area contributed by atoms with Crippen LogP contribution in [0.1, 0.15) is 38.9 Å². The van der Waals surface area contributed by atoms with Crippen molar-refractivity contribution in [3.63, 3.8) is 0 Å². The molecule has 0 unspecified atom stereocenters. The summed E-state index contributed by atoms with van der Waals surface area (Å²) in [6.45, 7) is 8.84. The number of nitrogen functional groups attached to an aromatic ring is 1. The Balaban J connectivity index is 2.33. The molecule has 90 valence electrons. The number of likely N-dealkylation sites (N-methyl/N-ethyl adjacent to an activating group) is 1. The van der Waals surface area contributed by atoms with Crippen LogP contribution < -0.4 is 5.73 Å². The van der Waals surface area contributed by atoms with Gasteiger partial charge in [0.05, 0.1) is 6.04 Å². The third-order valence-corrected chi connectivity index (χ3v) is 3.24. The zero-order valence-corrected chi connectivity index (χ0v) is 10.7. The molecule has 0 radical (unpaired) electrons. The van der Waals surface area contributed by atoms with Gasteiger partial charge in [0.15, 0.2) is 0 Å². The summed E-state index contributed by atoms with van der Waals surface area (Å²) in [7, 11) is 2.16. The van der Waals surface area contributed by atoms with E-state index in [9.17, 15) is 0 Å². The molecule has 0 spiro atoms. The van der Waals surface area contributed by atoms with E-state index in [2.05, 4.69) is 42.5 Å². The summed E-state index contributed by atoms with van der Waals surface area (Å²) in [6.07, 6.45) is 1.17. The van der Waals surface area contributed by atoms with E-state index in [1.807, 2.05) is 6.07 Å². The number of hydrogen-bond acceptors (Lipinski definition) is 3. The van der Waals surface area contributed by atoms with Crippen LogP contribution in [0.25, 0.3) is 0 Å². The monoisotopic (exact) mass is 222 g/mol. The lowest BCUT2D eigenvalue weighted by molar-refractivity contribution is 0.366. The molecule has 1 aliphatic heterocycles. The summed E-state index contributed by atoms with van der Waals surface area (Å²) in [6, 6.07) is 2.50. The Morgan fingerprint density at radius 2 is 2.12 bits per heavy atom. The molecule has 4 nitrogen and oxygen atoms in total. The van der Waals surface area contributed by atoms with Gasteiger partial charge in [-0.15, -0.1) is 0 Å². The van der Waals surface area contributed by atoms with Crippen molar-refractivity contribution in [1.29, 1.82) is 0 Å². The maximum atomic E-state index is 5.83. The molecular formula is C12H22N4. The maximum Gasteiger partial charge on any atom is 0.145 e. The highest BCUT2D eigenvalue weighted by Crippen LogP contribution is 2.29. The van der Waals surface area contributed by atoms with E-state index in [-0.39, 0.29) is 5.41 Å². The average molecular weight is 222 g/mol. The molecule has 1 aromatic heterocycles. The van der Waals surface area contributed by atoms with E-state index in [0.717, 1.165) is 13.1 Å². The molecule has 0 bridgehead atoms. The lowest BCUT2D eigenvalue weighted by Gasteiger charge is -2.23. The molecule has 1 fully saturated rings. The van der Waals surface area contributed by atoms with Gasteiger partial charge in [0, 0.05) is 23.7 Å². The largest absolute Gasteiger partial charge is 0.382 e.